The van der Waals surface area contributed by atoms with E-state index in [2.05, 4.69) is 17.2 Å². The fraction of sp³-hybridized carbons (Fsp3) is 0.500. The van der Waals surface area contributed by atoms with Crippen molar-refractivity contribution in [2.24, 2.45) is 0 Å². The summed E-state index contributed by atoms with van der Waals surface area (Å²) >= 11 is 5.88. The van der Waals surface area contributed by atoms with Crippen LogP contribution in [-0.4, -0.2) is 23.6 Å². The standard InChI is InChI=1S/C12H17ClN2O2/c1-3-4-8-17-9(2)12(16)15-11-10(13)6-5-7-14-11/h5-7,9H,3-4,8H2,1-2H3,(H,14,15,16). The highest BCUT2D eigenvalue weighted by Gasteiger charge is 2.14. The molecule has 0 aromatic carbocycles. The van der Waals surface area contributed by atoms with Crippen molar-refractivity contribution < 1.29 is 9.53 Å². The molecule has 0 radical (unpaired) electrons. The minimum Gasteiger partial charge on any atom is -0.369 e. The van der Waals surface area contributed by atoms with Gasteiger partial charge in [-0.1, -0.05) is 24.9 Å². The van der Waals surface area contributed by atoms with Crippen LogP contribution in [0.3, 0.4) is 0 Å². The number of halogens is 1. The second kappa shape index (κ2) is 7.25. The molecule has 17 heavy (non-hydrogen) atoms. The molecule has 1 N–H and O–H groups in total. The van der Waals surface area contributed by atoms with Gasteiger partial charge in [0.25, 0.3) is 5.91 Å². The minimum absolute atomic E-state index is 0.235. The predicted molar refractivity (Wildman–Crippen MR) is 68.2 cm³/mol. The normalized spacial score (nSPS) is 12.2. The maximum Gasteiger partial charge on any atom is 0.254 e. The Hall–Kier alpha value is -1.13. The van der Waals surface area contributed by atoms with Crippen LogP contribution in [0.25, 0.3) is 0 Å². The molecule has 0 spiro atoms. The number of ether oxygens (including phenoxy) is 1. The van der Waals surface area contributed by atoms with E-state index >= 15 is 0 Å². The maximum absolute atomic E-state index is 11.7. The number of unbranched alkanes of at least 4 members (excludes halogenated alkanes) is 1. The Labute approximate surface area is 106 Å². The van der Waals surface area contributed by atoms with E-state index in [1.54, 1.807) is 25.3 Å². The van der Waals surface area contributed by atoms with Crippen LogP contribution < -0.4 is 5.32 Å². The molecule has 1 aromatic heterocycles. The number of anilines is 1. The van der Waals surface area contributed by atoms with E-state index in [0.29, 0.717) is 17.4 Å². The average molecular weight is 257 g/mol. The lowest BCUT2D eigenvalue weighted by molar-refractivity contribution is -0.126. The second-order valence-electron chi connectivity index (χ2n) is 3.69. The van der Waals surface area contributed by atoms with Crippen LogP contribution in [0.1, 0.15) is 26.7 Å². The van der Waals surface area contributed by atoms with Gasteiger partial charge in [-0.15, -0.1) is 0 Å². The van der Waals surface area contributed by atoms with Gasteiger partial charge < -0.3 is 10.1 Å². The number of hydrogen-bond donors (Lipinski definition) is 1. The van der Waals surface area contributed by atoms with Crippen molar-refractivity contribution in [2.45, 2.75) is 32.8 Å². The fourth-order valence-electron chi connectivity index (χ4n) is 1.18. The summed E-state index contributed by atoms with van der Waals surface area (Å²) in [5.41, 5.74) is 0. The van der Waals surface area contributed by atoms with Crippen molar-refractivity contribution in [3.63, 3.8) is 0 Å². The first-order chi connectivity index (χ1) is 8.15. The molecule has 1 unspecified atom stereocenters. The first-order valence-corrected chi connectivity index (χ1v) is 6.06. The summed E-state index contributed by atoms with van der Waals surface area (Å²) in [5.74, 6) is 0.131. The third-order valence-corrected chi connectivity index (χ3v) is 2.54. The molecule has 1 amide bonds. The first-order valence-electron chi connectivity index (χ1n) is 5.68. The third-order valence-electron chi connectivity index (χ3n) is 2.24. The van der Waals surface area contributed by atoms with E-state index in [1.165, 1.54) is 0 Å². The van der Waals surface area contributed by atoms with E-state index in [1.807, 2.05) is 0 Å². The average Bonchev–Trinajstić information content (AvgIpc) is 2.32. The molecule has 1 rings (SSSR count). The summed E-state index contributed by atoms with van der Waals surface area (Å²) < 4.78 is 5.37. The quantitative estimate of drug-likeness (QED) is 0.797. The lowest BCUT2D eigenvalue weighted by Crippen LogP contribution is -2.28. The highest BCUT2D eigenvalue weighted by molar-refractivity contribution is 6.33. The molecule has 0 bridgehead atoms. The second-order valence-corrected chi connectivity index (χ2v) is 4.10. The molecule has 0 aliphatic rings. The Morgan fingerprint density at radius 2 is 2.41 bits per heavy atom. The van der Waals surface area contributed by atoms with E-state index in [-0.39, 0.29) is 5.91 Å². The number of amides is 1. The highest BCUT2D eigenvalue weighted by atomic mass is 35.5. The van der Waals surface area contributed by atoms with Crippen LogP contribution in [0.4, 0.5) is 5.82 Å². The van der Waals surface area contributed by atoms with Gasteiger partial charge in [0, 0.05) is 12.8 Å². The van der Waals surface area contributed by atoms with Crippen molar-refractivity contribution in [3.8, 4) is 0 Å². The molecule has 94 valence electrons. The van der Waals surface area contributed by atoms with E-state index in [9.17, 15) is 4.79 Å². The summed E-state index contributed by atoms with van der Waals surface area (Å²) in [6, 6.07) is 3.38. The number of carbonyl (C=O) groups is 1. The Morgan fingerprint density at radius 1 is 1.65 bits per heavy atom. The number of rotatable bonds is 6. The van der Waals surface area contributed by atoms with Crippen LogP contribution >= 0.6 is 11.6 Å². The number of nitrogens with zero attached hydrogens (tertiary/aromatic N) is 1. The smallest absolute Gasteiger partial charge is 0.254 e. The molecule has 5 heteroatoms. The molecule has 4 nitrogen and oxygen atoms in total. The van der Waals surface area contributed by atoms with Gasteiger partial charge in [0.1, 0.15) is 6.10 Å². The van der Waals surface area contributed by atoms with Crippen LogP contribution in [-0.2, 0) is 9.53 Å². The summed E-state index contributed by atoms with van der Waals surface area (Å²) in [4.78, 5) is 15.7. The summed E-state index contributed by atoms with van der Waals surface area (Å²) in [5, 5.41) is 3.05. The van der Waals surface area contributed by atoms with Crippen molar-refractivity contribution in [1.29, 1.82) is 0 Å². The summed E-state index contributed by atoms with van der Waals surface area (Å²) in [6.45, 7) is 4.37. The number of hydrogen-bond acceptors (Lipinski definition) is 3. The highest BCUT2D eigenvalue weighted by Crippen LogP contribution is 2.17. The molecule has 0 saturated carbocycles. The van der Waals surface area contributed by atoms with Gasteiger partial charge in [0.05, 0.1) is 5.02 Å². The SMILES string of the molecule is CCCCOC(C)C(=O)Nc1ncccc1Cl. The zero-order chi connectivity index (χ0) is 12.7. The number of aromatic nitrogens is 1. The number of nitrogens with one attached hydrogen (secondary N) is 1. The molecular weight excluding hydrogens is 240 g/mol. The Bertz CT molecular complexity index is 371. The third kappa shape index (κ3) is 4.71. The van der Waals surface area contributed by atoms with Crippen LogP contribution in [0, 0.1) is 0 Å². The molecule has 0 aliphatic carbocycles. The van der Waals surface area contributed by atoms with E-state index < -0.39 is 6.10 Å². The molecular formula is C12H17ClN2O2. The Balaban J connectivity index is 2.46. The monoisotopic (exact) mass is 256 g/mol. The molecule has 0 fully saturated rings. The van der Waals surface area contributed by atoms with Crippen LogP contribution in [0.15, 0.2) is 18.3 Å². The van der Waals surface area contributed by atoms with Gasteiger partial charge in [-0.05, 0) is 25.5 Å². The van der Waals surface area contributed by atoms with Crippen molar-refractivity contribution in [1.82, 2.24) is 4.98 Å². The number of pyridine rings is 1. The zero-order valence-corrected chi connectivity index (χ0v) is 10.8. The van der Waals surface area contributed by atoms with Gasteiger partial charge in [0.15, 0.2) is 5.82 Å². The first kappa shape index (κ1) is 13.9. The fourth-order valence-corrected chi connectivity index (χ4v) is 1.34. The van der Waals surface area contributed by atoms with Gasteiger partial charge in [0.2, 0.25) is 0 Å². The molecule has 1 atom stereocenters. The Kier molecular flexibility index (Phi) is 5.94. The van der Waals surface area contributed by atoms with Crippen LogP contribution in [0.5, 0.6) is 0 Å². The van der Waals surface area contributed by atoms with Gasteiger partial charge in [-0.3, -0.25) is 4.79 Å². The molecule has 0 aliphatic heterocycles. The lowest BCUT2D eigenvalue weighted by Gasteiger charge is -2.13. The van der Waals surface area contributed by atoms with E-state index in [4.69, 9.17) is 16.3 Å². The van der Waals surface area contributed by atoms with Crippen molar-refractivity contribution in [2.75, 3.05) is 11.9 Å². The van der Waals surface area contributed by atoms with Crippen molar-refractivity contribution >= 4 is 23.3 Å². The minimum atomic E-state index is -0.500. The van der Waals surface area contributed by atoms with Crippen LogP contribution in [0.2, 0.25) is 5.02 Å². The van der Waals surface area contributed by atoms with Gasteiger partial charge >= 0.3 is 0 Å². The van der Waals surface area contributed by atoms with Gasteiger partial charge in [-0.25, -0.2) is 4.98 Å². The Morgan fingerprint density at radius 3 is 3.06 bits per heavy atom. The summed E-state index contributed by atoms with van der Waals surface area (Å²) in [6.07, 6.45) is 3.06. The maximum atomic E-state index is 11.7. The van der Waals surface area contributed by atoms with E-state index in [0.717, 1.165) is 12.8 Å². The largest absolute Gasteiger partial charge is 0.369 e. The summed E-state index contributed by atoms with van der Waals surface area (Å²) in [7, 11) is 0. The molecule has 1 heterocycles. The lowest BCUT2D eigenvalue weighted by atomic mass is 10.3. The number of carbonyl (C=O) groups excluding carboxylic acids is 1. The van der Waals surface area contributed by atoms with Gasteiger partial charge in [-0.2, -0.15) is 0 Å². The molecule has 1 aromatic rings. The zero-order valence-electron chi connectivity index (χ0n) is 10.1. The van der Waals surface area contributed by atoms with Crippen molar-refractivity contribution in [3.05, 3.63) is 23.4 Å². The molecule has 0 saturated heterocycles. The topological polar surface area (TPSA) is 51.2 Å². The predicted octanol–water partition coefficient (Wildman–Crippen LogP) is 2.88.